The Hall–Kier alpha value is -0.0600. The molecule has 0 fully saturated rings. The lowest BCUT2D eigenvalue weighted by Gasteiger charge is -2.01. The van der Waals surface area contributed by atoms with Gasteiger partial charge in [-0.1, -0.05) is 6.07 Å². The number of benzene rings is 1. The molecule has 1 aromatic carbocycles. The molecular formula is C9H11BrFNS. The molecule has 0 bridgehead atoms. The first kappa shape index (κ1) is 11.0. The number of halogens is 2. The number of rotatable bonds is 4. The molecule has 0 radical (unpaired) electrons. The highest BCUT2D eigenvalue weighted by molar-refractivity contribution is 9.10. The zero-order valence-corrected chi connectivity index (χ0v) is 9.50. The second-order valence-corrected chi connectivity index (χ2v) is 4.55. The second kappa shape index (κ2) is 5.62. The topological polar surface area (TPSA) is 26.0 Å². The van der Waals surface area contributed by atoms with E-state index in [1.165, 1.54) is 6.07 Å². The van der Waals surface area contributed by atoms with E-state index in [1.54, 1.807) is 23.9 Å². The summed E-state index contributed by atoms with van der Waals surface area (Å²) in [5.41, 5.74) is 6.47. The summed E-state index contributed by atoms with van der Waals surface area (Å²) in [6.45, 7) is 0.688. The SMILES string of the molecule is NCCSCc1ccc(F)c(Br)c1. The Morgan fingerprint density at radius 1 is 1.46 bits per heavy atom. The van der Waals surface area contributed by atoms with Crippen molar-refractivity contribution in [3.63, 3.8) is 0 Å². The predicted octanol–water partition coefficient (Wildman–Crippen LogP) is 2.78. The van der Waals surface area contributed by atoms with Crippen LogP contribution in [-0.2, 0) is 5.75 Å². The molecule has 0 aromatic heterocycles. The van der Waals surface area contributed by atoms with Crippen LogP contribution >= 0.6 is 27.7 Å². The summed E-state index contributed by atoms with van der Waals surface area (Å²) in [6.07, 6.45) is 0. The van der Waals surface area contributed by atoms with Crippen molar-refractivity contribution in [1.82, 2.24) is 0 Å². The van der Waals surface area contributed by atoms with Gasteiger partial charge in [0.1, 0.15) is 5.82 Å². The second-order valence-electron chi connectivity index (χ2n) is 2.59. The molecule has 0 aliphatic heterocycles. The molecule has 0 aliphatic carbocycles. The highest BCUT2D eigenvalue weighted by atomic mass is 79.9. The molecule has 4 heteroatoms. The van der Waals surface area contributed by atoms with Crippen molar-refractivity contribution in [3.05, 3.63) is 34.1 Å². The monoisotopic (exact) mass is 263 g/mol. The molecule has 1 rings (SSSR count). The van der Waals surface area contributed by atoms with E-state index in [4.69, 9.17) is 5.73 Å². The summed E-state index contributed by atoms with van der Waals surface area (Å²) in [6, 6.07) is 5.07. The van der Waals surface area contributed by atoms with Crippen LogP contribution < -0.4 is 5.73 Å². The van der Waals surface area contributed by atoms with Crippen molar-refractivity contribution < 1.29 is 4.39 Å². The maximum Gasteiger partial charge on any atom is 0.137 e. The van der Waals surface area contributed by atoms with Gasteiger partial charge in [0, 0.05) is 18.1 Å². The fourth-order valence-electron chi connectivity index (χ4n) is 0.903. The molecule has 0 atom stereocenters. The highest BCUT2D eigenvalue weighted by Crippen LogP contribution is 2.19. The van der Waals surface area contributed by atoms with E-state index in [2.05, 4.69) is 15.9 Å². The van der Waals surface area contributed by atoms with Crippen molar-refractivity contribution in [2.75, 3.05) is 12.3 Å². The summed E-state index contributed by atoms with van der Waals surface area (Å²) in [4.78, 5) is 0. The first-order chi connectivity index (χ1) is 6.24. The largest absolute Gasteiger partial charge is 0.330 e. The van der Waals surface area contributed by atoms with E-state index in [-0.39, 0.29) is 5.82 Å². The van der Waals surface area contributed by atoms with Crippen LogP contribution in [-0.4, -0.2) is 12.3 Å². The third-order valence-electron chi connectivity index (χ3n) is 1.51. The van der Waals surface area contributed by atoms with E-state index in [9.17, 15) is 4.39 Å². The summed E-state index contributed by atoms with van der Waals surface area (Å²) in [5, 5.41) is 0. The minimum absolute atomic E-state index is 0.215. The molecule has 0 heterocycles. The average Bonchev–Trinajstić information content (AvgIpc) is 2.12. The Balaban J connectivity index is 2.53. The number of thioether (sulfide) groups is 1. The third kappa shape index (κ3) is 3.67. The van der Waals surface area contributed by atoms with Crippen molar-refractivity contribution in [1.29, 1.82) is 0 Å². The molecule has 13 heavy (non-hydrogen) atoms. The summed E-state index contributed by atoms with van der Waals surface area (Å²) < 4.78 is 13.3. The molecule has 0 unspecified atom stereocenters. The van der Waals surface area contributed by atoms with Crippen LogP contribution in [0.25, 0.3) is 0 Å². The Kier molecular flexibility index (Phi) is 4.77. The lowest BCUT2D eigenvalue weighted by Crippen LogP contribution is -2.01. The smallest absolute Gasteiger partial charge is 0.137 e. The van der Waals surface area contributed by atoms with Crippen molar-refractivity contribution >= 4 is 27.7 Å². The van der Waals surface area contributed by atoms with Gasteiger partial charge in [0.25, 0.3) is 0 Å². The van der Waals surface area contributed by atoms with E-state index in [0.29, 0.717) is 11.0 Å². The molecule has 0 saturated heterocycles. The van der Waals surface area contributed by atoms with Gasteiger partial charge in [0.2, 0.25) is 0 Å². The first-order valence-electron chi connectivity index (χ1n) is 3.96. The summed E-state index contributed by atoms with van der Waals surface area (Å²) in [7, 11) is 0. The molecule has 0 spiro atoms. The fraction of sp³-hybridized carbons (Fsp3) is 0.333. The summed E-state index contributed by atoms with van der Waals surface area (Å²) in [5.74, 6) is 1.61. The Morgan fingerprint density at radius 2 is 2.23 bits per heavy atom. The van der Waals surface area contributed by atoms with Crippen molar-refractivity contribution in [2.24, 2.45) is 5.73 Å². The van der Waals surface area contributed by atoms with E-state index >= 15 is 0 Å². The average molecular weight is 264 g/mol. The molecule has 0 saturated carbocycles. The molecule has 2 N–H and O–H groups in total. The van der Waals surface area contributed by atoms with E-state index in [1.807, 2.05) is 0 Å². The fourth-order valence-corrected chi connectivity index (χ4v) is 2.06. The van der Waals surface area contributed by atoms with Gasteiger partial charge in [0.15, 0.2) is 0 Å². The van der Waals surface area contributed by atoms with Gasteiger partial charge in [-0.05, 0) is 33.6 Å². The van der Waals surface area contributed by atoms with Gasteiger partial charge in [-0.2, -0.15) is 11.8 Å². The number of hydrogen-bond donors (Lipinski definition) is 1. The molecule has 72 valence electrons. The molecule has 1 nitrogen and oxygen atoms in total. The Morgan fingerprint density at radius 3 is 2.85 bits per heavy atom. The van der Waals surface area contributed by atoms with E-state index in [0.717, 1.165) is 17.1 Å². The normalized spacial score (nSPS) is 10.4. The van der Waals surface area contributed by atoms with Gasteiger partial charge < -0.3 is 5.73 Å². The Bertz CT molecular complexity index is 280. The van der Waals surface area contributed by atoms with Crippen LogP contribution in [0.5, 0.6) is 0 Å². The molecular weight excluding hydrogens is 253 g/mol. The quantitative estimate of drug-likeness (QED) is 0.846. The van der Waals surface area contributed by atoms with Crippen LogP contribution in [0.15, 0.2) is 22.7 Å². The zero-order valence-electron chi connectivity index (χ0n) is 7.09. The summed E-state index contributed by atoms with van der Waals surface area (Å²) >= 11 is 4.90. The minimum Gasteiger partial charge on any atom is -0.330 e. The van der Waals surface area contributed by atoms with Crippen LogP contribution in [0.2, 0.25) is 0 Å². The van der Waals surface area contributed by atoms with Gasteiger partial charge in [-0.25, -0.2) is 4.39 Å². The maximum absolute atomic E-state index is 12.8. The van der Waals surface area contributed by atoms with Crippen molar-refractivity contribution in [2.45, 2.75) is 5.75 Å². The zero-order chi connectivity index (χ0) is 9.68. The molecule has 0 aliphatic rings. The first-order valence-corrected chi connectivity index (χ1v) is 5.90. The van der Waals surface area contributed by atoms with Gasteiger partial charge >= 0.3 is 0 Å². The van der Waals surface area contributed by atoms with E-state index < -0.39 is 0 Å². The molecule has 0 amide bonds. The molecule has 1 aromatic rings. The van der Waals surface area contributed by atoms with Crippen molar-refractivity contribution in [3.8, 4) is 0 Å². The maximum atomic E-state index is 12.8. The lowest BCUT2D eigenvalue weighted by atomic mass is 10.2. The van der Waals surface area contributed by atoms with Gasteiger partial charge in [-0.15, -0.1) is 0 Å². The third-order valence-corrected chi connectivity index (χ3v) is 3.18. The minimum atomic E-state index is -0.215. The van der Waals surface area contributed by atoms with Gasteiger partial charge in [0.05, 0.1) is 4.47 Å². The van der Waals surface area contributed by atoms with Crippen LogP contribution in [0.1, 0.15) is 5.56 Å². The Labute approximate surface area is 90.0 Å². The van der Waals surface area contributed by atoms with Crippen LogP contribution in [0, 0.1) is 5.82 Å². The standard InChI is InChI=1S/C9H11BrFNS/c10-8-5-7(1-2-9(8)11)6-13-4-3-12/h1-2,5H,3-4,6,12H2. The van der Waals surface area contributed by atoms with Gasteiger partial charge in [-0.3, -0.25) is 0 Å². The number of hydrogen-bond acceptors (Lipinski definition) is 2. The number of nitrogens with two attached hydrogens (primary N) is 1. The van der Waals surface area contributed by atoms with Crippen LogP contribution in [0.3, 0.4) is 0 Å². The predicted molar refractivity (Wildman–Crippen MR) is 59.3 cm³/mol. The van der Waals surface area contributed by atoms with Crippen LogP contribution in [0.4, 0.5) is 4.39 Å². The lowest BCUT2D eigenvalue weighted by molar-refractivity contribution is 0.620. The highest BCUT2D eigenvalue weighted by Gasteiger charge is 1.99.